The lowest BCUT2D eigenvalue weighted by molar-refractivity contribution is -0.143. The molecule has 1 saturated carbocycles. The minimum absolute atomic E-state index is 0.0893. The molecule has 1 aliphatic carbocycles. The molecule has 0 radical (unpaired) electrons. The van der Waals surface area contributed by atoms with E-state index in [0.29, 0.717) is 23.4 Å². The van der Waals surface area contributed by atoms with Crippen LogP contribution < -0.4 is 5.73 Å². The second kappa shape index (κ2) is 7.39. The molecule has 0 aromatic carbocycles. The topological polar surface area (TPSA) is 46.3 Å². The van der Waals surface area contributed by atoms with Crippen molar-refractivity contribution in [1.82, 2.24) is 4.90 Å². The van der Waals surface area contributed by atoms with Gasteiger partial charge >= 0.3 is 0 Å². The largest absolute Gasteiger partial charge is 0.393 e. The third-order valence-corrected chi connectivity index (χ3v) is 4.86. The van der Waals surface area contributed by atoms with Crippen LogP contribution in [0.5, 0.6) is 0 Å². The summed E-state index contributed by atoms with van der Waals surface area (Å²) in [6.07, 6.45) is 5.45. The summed E-state index contributed by atoms with van der Waals surface area (Å²) in [4.78, 5) is 15.5. The van der Waals surface area contributed by atoms with Crippen LogP contribution in [0.2, 0.25) is 0 Å². The Morgan fingerprint density at radius 3 is 2.25 bits per heavy atom. The first-order valence-electron chi connectivity index (χ1n) is 7.91. The molecule has 0 aromatic heterocycles. The van der Waals surface area contributed by atoms with Crippen molar-refractivity contribution >= 4 is 23.1 Å². The maximum absolute atomic E-state index is 13.0. The van der Waals surface area contributed by atoms with Gasteiger partial charge in [-0.3, -0.25) is 4.79 Å². The fraction of sp³-hybridized carbons (Fsp3) is 0.875. The van der Waals surface area contributed by atoms with Gasteiger partial charge in [0.15, 0.2) is 0 Å². The van der Waals surface area contributed by atoms with Gasteiger partial charge < -0.3 is 10.6 Å². The van der Waals surface area contributed by atoms with Crippen molar-refractivity contribution in [2.75, 3.05) is 13.1 Å². The lowest BCUT2D eigenvalue weighted by Crippen LogP contribution is -2.46. The van der Waals surface area contributed by atoms with Crippen LogP contribution in [-0.2, 0) is 4.79 Å². The predicted octanol–water partition coefficient (Wildman–Crippen LogP) is 3.36. The van der Waals surface area contributed by atoms with Crippen LogP contribution in [0.1, 0.15) is 59.8 Å². The maximum Gasteiger partial charge on any atom is 0.228 e. The van der Waals surface area contributed by atoms with Crippen molar-refractivity contribution in [3.63, 3.8) is 0 Å². The third-order valence-electron chi connectivity index (χ3n) is 4.46. The first-order valence-corrected chi connectivity index (χ1v) is 8.32. The molecule has 116 valence electrons. The van der Waals surface area contributed by atoms with Crippen LogP contribution in [-0.4, -0.2) is 28.9 Å². The van der Waals surface area contributed by atoms with Crippen LogP contribution in [0.4, 0.5) is 0 Å². The van der Waals surface area contributed by atoms with Crippen molar-refractivity contribution in [3.05, 3.63) is 0 Å². The molecule has 1 unspecified atom stereocenters. The monoisotopic (exact) mass is 298 g/mol. The third kappa shape index (κ3) is 4.18. The van der Waals surface area contributed by atoms with Crippen molar-refractivity contribution in [2.24, 2.45) is 23.0 Å². The van der Waals surface area contributed by atoms with E-state index in [1.807, 2.05) is 18.7 Å². The second-order valence-corrected chi connectivity index (χ2v) is 7.20. The highest BCUT2D eigenvalue weighted by Crippen LogP contribution is 2.44. The van der Waals surface area contributed by atoms with Crippen molar-refractivity contribution < 1.29 is 4.79 Å². The molecule has 1 rings (SSSR count). The zero-order valence-electron chi connectivity index (χ0n) is 13.4. The van der Waals surface area contributed by atoms with Crippen molar-refractivity contribution in [3.8, 4) is 0 Å². The molecular formula is C16H30N2OS. The molecule has 3 nitrogen and oxygen atoms in total. The molecule has 0 aromatic rings. The van der Waals surface area contributed by atoms with E-state index < -0.39 is 0 Å². The van der Waals surface area contributed by atoms with Crippen LogP contribution in [0, 0.1) is 17.3 Å². The highest BCUT2D eigenvalue weighted by molar-refractivity contribution is 7.80. The zero-order chi connectivity index (χ0) is 15.3. The average molecular weight is 298 g/mol. The predicted molar refractivity (Wildman–Crippen MR) is 88.6 cm³/mol. The van der Waals surface area contributed by atoms with Crippen LogP contribution in [0.25, 0.3) is 0 Å². The van der Waals surface area contributed by atoms with Gasteiger partial charge in [0.2, 0.25) is 5.91 Å². The smallest absolute Gasteiger partial charge is 0.228 e. The minimum atomic E-state index is -0.125. The van der Waals surface area contributed by atoms with Crippen LogP contribution >= 0.6 is 12.2 Å². The normalized spacial score (nSPS) is 19.1. The Morgan fingerprint density at radius 1 is 1.30 bits per heavy atom. The van der Waals surface area contributed by atoms with E-state index in [1.54, 1.807) is 0 Å². The van der Waals surface area contributed by atoms with E-state index in [0.717, 1.165) is 25.8 Å². The number of carbonyl (C=O) groups excluding carboxylic acids is 1. The summed E-state index contributed by atoms with van der Waals surface area (Å²) in [5.41, 5.74) is 5.57. The molecule has 4 heteroatoms. The SMILES string of the molecule is CCN(CC(C)C(N)=S)C(=O)C1(CC(C)C)CCCC1. The Morgan fingerprint density at radius 2 is 1.85 bits per heavy atom. The number of hydrogen-bond acceptors (Lipinski definition) is 2. The molecule has 0 bridgehead atoms. The molecule has 1 aliphatic rings. The van der Waals surface area contributed by atoms with E-state index in [2.05, 4.69) is 13.8 Å². The van der Waals surface area contributed by atoms with Gasteiger partial charge in [-0.1, -0.05) is 45.8 Å². The van der Waals surface area contributed by atoms with Crippen molar-refractivity contribution in [1.29, 1.82) is 0 Å². The fourth-order valence-electron chi connectivity index (χ4n) is 3.45. The Labute approximate surface area is 129 Å². The van der Waals surface area contributed by atoms with Gasteiger partial charge in [0, 0.05) is 24.4 Å². The number of nitrogens with zero attached hydrogens (tertiary/aromatic N) is 1. The molecule has 0 spiro atoms. The fourth-order valence-corrected chi connectivity index (χ4v) is 3.52. The van der Waals surface area contributed by atoms with E-state index in [9.17, 15) is 4.79 Å². The first-order chi connectivity index (χ1) is 9.32. The highest BCUT2D eigenvalue weighted by atomic mass is 32.1. The molecule has 0 heterocycles. The standard InChI is InChI=1S/C16H30N2OS/c1-5-18(11-13(4)14(17)20)15(19)16(10-12(2)3)8-6-7-9-16/h12-13H,5-11H2,1-4H3,(H2,17,20). The van der Waals surface area contributed by atoms with Crippen LogP contribution in [0.3, 0.4) is 0 Å². The molecular weight excluding hydrogens is 268 g/mol. The number of hydrogen-bond donors (Lipinski definition) is 1. The second-order valence-electron chi connectivity index (χ2n) is 6.73. The molecule has 1 amide bonds. The van der Waals surface area contributed by atoms with Gasteiger partial charge in [-0.15, -0.1) is 0 Å². The van der Waals surface area contributed by atoms with Gasteiger partial charge in [-0.05, 0) is 32.1 Å². The van der Waals surface area contributed by atoms with Gasteiger partial charge in [0.1, 0.15) is 0 Å². The first kappa shape index (κ1) is 17.4. The Balaban J connectivity index is 2.83. The molecule has 2 N–H and O–H groups in total. The summed E-state index contributed by atoms with van der Waals surface area (Å²) in [5.74, 6) is 0.976. The summed E-state index contributed by atoms with van der Waals surface area (Å²) < 4.78 is 0. The lowest BCUT2D eigenvalue weighted by atomic mass is 9.77. The summed E-state index contributed by atoms with van der Waals surface area (Å²) >= 11 is 5.04. The summed E-state index contributed by atoms with van der Waals surface area (Å²) in [7, 11) is 0. The lowest BCUT2D eigenvalue weighted by Gasteiger charge is -2.36. The van der Waals surface area contributed by atoms with E-state index >= 15 is 0 Å². The number of thiocarbonyl (C=S) groups is 1. The van der Waals surface area contributed by atoms with Crippen molar-refractivity contribution in [2.45, 2.75) is 59.8 Å². The average Bonchev–Trinajstić information content (AvgIpc) is 2.83. The van der Waals surface area contributed by atoms with Gasteiger partial charge in [-0.2, -0.15) is 0 Å². The number of carbonyl (C=O) groups is 1. The van der Waals surface area contributed by atoms with Gasteiger partial charge in [0.25, 0.3) is 0 Å². The Bertz CT molecular complexity index is 348. The summed E-state index contributed by atoms with van der Waals surface area (Å²) in [5, 5.41) is 0. The molecule has 0 aliphatic heterocycles. The summed E-state index contributed by atoms with van der Waals surface area (Å²) in [6, 6.07) is 0. The van der Waals surface area contributed by atoms with E-state index in [-0.39, 0.29) is 11.3 Å². The molecule has 20 heavy (non-hydrogen) atoms. The van der Waals surface area contributed by atoms with Crippen LogP contribution in [0.15, 0.2) is 0 Å². The quantitative estimate of drug-likeness (QED) is 0.733. The van der Waals surface area contributed by atoms with Gasteiger partial charge in [0.05, 0.1) is 4.99 Å². The Hall–Kier alpha value is -0.640. The zero-order valence-corrected chi connectivity index (χ0v) is 14.3. The highest BCUT2D eigenvalue weighted by Gasteiger charge is 2.43. The summed E-state index contributed by atoms with van der Waals surface area (Å²) in [6.45, 7) is 9.86. The number of nitrogens with two attached hydrogens (primary N) is 1. The maximum atomic E-state index is 13.0. The van der Waals surface area contributed by atoms with E-state index in [1.165, 1.54) is 12.8 Å². The van der Waals surface area contributed by atoms with Gasteiger partial charge in [-0.25, -0.2) is 0 Å². The number of amides is 1. The minimum Gasteiger partial charge on any atom is -0.393 e. The number of rotatable bonds is 7. The molecule has 1 fully saturated rings. The Kier molecular flexibility index (Phi) is 6.44. The molecule has 1 atom stereocenters. The van der Waals surface area contributed by atoms with E-state index in [4.69, 9.17) is 18.0 Å². The molecule has 0 saturated heterocycles.